The quantitative estimate of drug-likeness (QED) is 0.694. The van der Waals surface area contributed by atoms with E-state index in [2.05, 4.69) is 15.0 Å². The summed E-state index contributed by atoms with van der Waals surface area (Å²) in [6, 6.07) is 1.39. The van der Waals surface area contributed by atoms with Crippen molar-refractivity contribution in [3.63, 3.8) is 0 Å². The fourth-order valence-corrected chi connectivity index (χ4v) is 2.58. The number of hydrogen-bond donors (Lipinski definition) is 1. The van der Waals surface area contributed by atoms with Gasteiger partial charge in [0.1, 0.15) is 5.82 Å². The summed E-state index contributed by atoms with van der Waals surface area (Å²) in [7, 11) is 0. The number of thioether (sulfide) groups is 1. The number of nitrogens with zero attached hydrogens (tertiary/aromatic N) is 2. The van der Waals surface area contributed by atoms with Crippen LogP contribution in [-0.4, -0.2) is 15.0 Å². The predicted molar refractivity (Wildman–Crippen MR) is 79.7 cm³/mol. The van der Waals surface area contributed by atoms with Gasteiger partial charge in [-0.25, -0.2) is 9.37 Å². The fourth-order valence-electron chi connectivity index (χ4n) is 1.34. The molecule has 0 fully saturated rings. The molecule has 0 aliphatic rings. The summed E-state index contributed by atoms with van der Waals surface area (Å²) in [5, 5.41) is 0.699. The molecular weight excluding hydrogens is 301 g/mol. The molecule has 2 heterocycles. The smallest absolute Gasteiger partial charge is 0.251 e. The van der Waals surface area contributed by atoms with Crippen molar-refractivity contribution < 1.29 is 4.39 Å². The number of nitrogens with one attached hydrogen (secondary N) is 1. The molecule has 108 valence electrons. The van der Waals surface area contributed by atoms with Gasteiger partial charge in [0.2, 0.25) is 0 Å². The number of H-pyrrole nitrogens is 1. The molecule has 7 heteroatoms. The predicted octanol–water partition coefficient (Wildman–Crippen LogP) is 3.58. The van der Waals surface area contributed by atoms with Crippen LogP contribution >= 0.6 is 23.4 Å². The molecule has 20 heavy (non-hydrogen) atoms. The summed E-state index contributed by atoms with van der Waals surface area (Å²) in [6.45, 7) is 5.72. The highest BCUT2D eigenvalue weighted by atomic mass is 35.5. The van der Waals surface area contributed by atoms with Crippen molar-refractivity contribution >= 4 is 23.4 Å². The maximum atomic E-state index is 13.5. The van der Waals surface area contributed by atoms with Crippen LogP contribution in [0.4, 0.5) is 4.39 Å². The van der Waals surface area contributed by atoms with Crippen molar-refractivity contribution in [3.05, 3.63) is 50.9 Å². The molecule has 0 bridgehead atoms. The van der Waals surface area contributed by atoms with Gasteiger partial charge in [-0.15, -0.1) is 0 Å². The number of pyridine rings is 1. The third kappa shape index (κ3) is 4.61. The summed E-state index contributed by atoms with van der Waals surface area (Å²) in [5.41, 5.74) is 0.731. The Kier molecular flexibility index (Phi) is 6.67. The second-order valence-corrected chi connectivity index (χ2v) is 4.93. The maximum absolute atomic E-state index is 13.5. The molecule has 0 aromatic carbocycles. The van der Waals surface area contributed by atoms with Gasteiger partial charge in [0.05, 0.1) is 11.2 Å². The van der Waals surface area contributed by atoms with Gasteiger partial charge in [-0.3, -0.25) is 9.78 Å². The van der Waals surface area contributed by atoms with Crippen molar-refractivity contribution in [2.75, 3.05) is 0 Å². The lowest BCUT2D eigenvalue weighted by Gasteiger charge is -2.04. The molecule has 0 spiro atoms. The third-order valence-electron chi connectivity index (χ3n) is 2.15. The van der Waals surface area contributed by atoms with E-state index in [-0.39, 0.29) is 16.3 Å². The number of halogens is 2. The van der Waals surface area contributed by atoms with Crippen LogP contribution in [0.15, 0.2) is 28.4 Å². The van der Waals surface area contributed by atoms with Crippen LogP contribution in [0, 0.1) is 12.7 Å². The second kappa shape index (κ2) is 8.01. The molecule has 2 aromatic rings. The first-order valence-electron chi connectivity index (χ1n) is 6.05. The number of aromatic amines is 1. The summed E-state index contributed by atoms with van der Waals surface area (Å²) >= 11 is 7.06. The molecule has 0 aliphatic heterocycles. The Morgan fingerprint density at radius 1 is 1.40 bits per heavy atom. The highest BCUT2D eigenvalue weighted by Gasteiger charge is 2.09. The Morgan fingerprint density at radius 2 is 2.10 bits per heavy atom. The lowest BCUT2D eigenvalue weighted by Crippen LogP contribution is -2.08. The Bertz CT molecular complexity index is 613. The summed E-state index contributed by atoms with van der Waals surface area (Å²) in [5.74, 6) is -0.190. The van der Waals surface area contributed by atoms with Crippen LogP contribution in [0.3, 0.4) is 0 Å². The van der Waals surface area contributed by atoms with E-state index in [0.717, 1.165) is 6.20 Å². The molecule has 0 saturated heterocycles. The van der Waals surface area contributed by atoms with E-state index in [0.29, 0.717) is 16.4 Å². The first-order chi connectivity index (χ1) is 9.56. The number of rotatable bonds is 3. The highest BCUT2D eigenvalue weighted by molar-refractivity contribution is 7.98. The fraction of sp³-hybridized carbons (Fsp3) is 0.308. The van der Waals surface area contributed by atoms with Crippen molar-refractivity contribution in [2.24, 2.45) is 0 Å². The number of aryl methyl sites for hydroxylation is 1. The van der Waals surface area contributed by atoms with E-state index >= 15 is 0 Å². The zero-order chi connectivity index (χ0) is 15.1. The molecule has 1 N–H and O–H groups in total. The van der Waals surface area contributed by atoms with E-state index in [1.165, 1.54) is 24.0 Å². The summed E-state index contributed by atoms with van der Waals surface area (Å²) in [6.07, 6.45) is 2.49. The van der Waals surface area contributed by atoms with Crippen molar-refractivity contribution in [3.8, 4) is 0 Å². The zero-order valence-corrected chi connectivity index (χ0v) is 13.0. The Morgan fingerprint density at radius 3 is 2.70 bits per heavy atom. The van der Waals surface area contributed by atoms with Crippen molar-refractivity contribution in [2.45, 2.75) is 31.7 Å². The largest absolute Gasteiger partial charge is 0.301 e. The minimum atomic E-state index is -0.468. The van der Waals surface area contributed by atoms with Gasteiger partial charge in [0, 0.05) is 29.3 Å². The van der Waals surface area contributed by atoms with Crippen LogP contribution in [-0.2, 0) is 5.75 Å². The van der Waals surface area contributed by atoms with E-state index in [9.17, 15) is 9.18 Å². The first-order valence-corrected chi connectivity index (χ1v) is 7.41. The van der Waals surface area contributed by atoms with Crippen LogP contribution in [0.5, 0.6) is 0 Å². The number of hydrogen-bond acceptors (Lipinski definition) is 4. The Hall–Kier alpha value is -1.40. The summed E-state index contributed by atoms with van der Waals surface area (Å²) < 4.78 is 13.5. The molecule has 2 rings (SSSR count). The van der Waals surface area contributed by atoms with Crippen LogP contribution in [0.25, 0.3) is 0 Å². The number of aromatic nitrogens is 3. The van der Waals surface area contributed by atoms with Crippen molar-refractivity contribution in [1.82, 2.24) is 15.0 Å². The van der Waals surface area contributed by atoms with Gasteiger partial charge in [-0.05, 0) is 6.92 Å². The molecular formula is C13H15ClFN3OS. The average molecular weight is 316 g/mol. The van der Waals surface area contributed by atoms with Crippen molar-refractivity contribution in [1.29, 1.82) is 0 Å². The zero-order valence-electron chi connectivity index (χ0n) is 11.4. The molecule has 0 atom stereocenters. The Labute approximate surface area is 125 Å². The van der Waals surface area contributed by atoms with E-state index < -0.39 is 5.82 Å². The van der Waals surface area contributed by atoms with Gasteiger partial charge in [0.25, 0.3) is 5.56 Å². The van der Waals surface area contributed by atoms with Gasteiger partial charge >= 0.3 is 0 Å². The summed E-state index contributed by atoms with van der Waals surface area (Å²) in [4.78, 5) is 21.6. The normalized spacial score (nSPS) is 9.85. The minimum Gasteiger partial charge on any atom is -0.301 e. The van der Waals surface area contributed by atoms with Gasteiger partial charge < -0.3 is 4.98 Å². The Balaban J connectivity index is 0.000000956. The molecule has 0 saturated carbocycles. The standard InChI is InChI=1S/C11H9ClFN3OS.C2H6/c1-6-2-10(17)16-11(15-6)18-5-7-8(12)3-14-4-9(7)13;1-2/h2-4H,5H2,1H3,(H,15,16,17);1-2H3. The molecule has 0 aliphatic carbocycles. The third-order valence-corrected chi connectivity index (χ3v) is 3.38. The molecule has 4 nitrogen and oxygen atoms in total. The van der Waals surface area contributed by atoms with Gasteiger partial charge in [0.15, 0.2) is 5.16 Å². The molecule has 0 amide bonds. The SMILES string of the molecule is CC.Cc1cc(=O)[nH]c(SCc2c(F)cncc2Cl)n1. The highest BCUT2D eigenvalue weighted by Crippen LogP contribution is 2.25. The minimum absolute atomic E-state index is 0.230. The van der Waals surface area contributed by atoms with E-state index in [1.807, 2.05) is 13.8 Å². The monoisotopic (exact) mass is 315 g/mol. The molecule has 0 unspecified atom stereocenters. The lowest BCUT2D eigenvalue weighted by atomic mass is 10.3. The van der Waals surface area contributed by atoms with E-state index in [4.69, 9.17) is 11.6 Å². The molecule has 0 radical (unpaired) electrons. The van der Waals surface area contributed by atoms with E-state index in [1.54, 1.807) is 6.92 Å². The topological polar surface area (TPSA) is 58.6 Å². The van der Waals surface area contributed by atoms with Gasteiger partial charge in [-0.1, -0.05) is 37.2 Å². The molecule has 2 aromatic heterocycles. The first kappa shape index (κ1) is 16.7. The van der Waals surface area contributed by atoms with Crippen LogP contribution in [0.2, 0.25) is 5.02 Å². The van der Waals surface area contributed by atoms with Crippen LogP contribution in [0.1, 0.15) is 25.1 Å². The van der Waals surface area contributed by atoms with Crippen LogP contribution < -0.4 is 5.56 Å². The lowest BCUT2D eigenvalue weighted by molar-refractivity contribution is 0.611. The second-order valence-electron chi connectivity index (χ2n) is 3.56. The van der Waals surface area contributed by atoms with Gasteiger partial charge in [-0.2, -0.15) is 0 Å². The maximum Gasteiger partial charge on any atom is 0.251 e. The average Bonchev–Trinajstić information content (AvgIpc) is 2.39.